The first-order chi connectivity index (χ1) is 8.36. The molecule has 2 heterocycles. The largest absolute Gasteiger partial charge is 0.366 e. The normalized spacial score (nSPS) is 20.8. The van der Waals surface area contributed by atoms with E-state index in [0.29, 0.717) is 5.56 Å². The van der Waals surface area contributed by atoms with Gasteiger partial charge in [-0.15, -0.1) is 0 Å². The molecule has 3 rings (SSSR count). The smallest absolute Gasteiger partial charge is 0.150 e. The summed E-state index contributed by atoms with van der Waals surface area (Å²) in [6, 6.07) is 7.61. The van der Waals surface area contributed by atoms with Crippen LogP contribution in [0.4, 0.5) is 0 Å². The summed E-state index contributed by atoms with van der Waals surface area (Å²) in [6.07, 6.45) is 11.3. The summed E-state index contributed by atoms with van der Waals surface area (Å²) in [7, 11) is 0. The molecule has 1 N–H and O–H groups in total. The van der Waals surface area contributed by atoms with E-state index in [4.69, 9.17) is 0 Å². The van der Waals surface area contributed by atoms with Crippen molar-refractivity contribution in [3.05, 3.63) is 66.1 Å². The van der Waals surface area contributed by atoms with Crippen LogP contribution in [-0.4, -0.2) is 17.4 Å². The van der Waals surface area contributed by atoms with Crippen molar-refractivity contribution in [1.29, 1.82) is 0 Å². The highest BCUT2D eigenvalue weighted by atomic mass is 16.1. The van der Waals surface area contributed by atoms with Gasteiger partial charge in [0.2, 0.25) is 0 Å². The van der Waals surface area contributed by atoms with Crippen molar-refractivity contribution in [1.82, 2.24) is 10.2 Å². The number of benzene rings is 1. The Kier molecular flexibility index (Phi) is 2.29. The summed E-state index contributed by atoms with van der Waals surface area (Å²) in [5.41, 5.74) is 3.00. The molecule has 3 nitrogen and oxygen atoms in total. The second-order valence-corrected chi connectivity index (χ2v) is 4.05. The van der Waals surface area contributed by atoms with Gasteiger partial charge in [-0.1, -0.05) is 24.3 Å². The number of carbonyl (C=O) groups excluding carboxylic acids is 1. The lowest BCUT2D eigenvalue weighted by Crippen LogP contribution is -2.31. The van der Waals surface area contributed by atoms with Crippen molar-refractivity contribution in [2.24, 2.45) is 0 Å². The molecule has 0 radical (unpaired) electrons. The average Bonchev–Trinajstić information content (AvgIpc) is 2.86. The zero-order valence-electron chi connectivity index (χ0n) is 9.21. The number of nitrogens with zero attached hydrogens (tertiary/aromatic N) is 1. The van der Waals surface area contributed by atoms with Crippen molar-refractivity contribution in [2.75, 3.05) is 0 Å². The Bertz CT molecular complexity index is 526. The molecule has 0 fully saturated rings. The van der Waals surface area contributed by atoms with Crippen LogP contribution in [-0.2, 0) is 0 Å². The number of hydrogen-bond acceptors (Lipinski definition) is 3. The molecule has 0 spiro atoms. The molecule has 0 aromatic heterocycles. The van der Waals surface area contributed by atoms with Gasteiger partial charge in [0.05, 0.1) is 0 Å². The third-order valence-corrected chi connectivity index (χ3v) is 2.98. The van der Waals surface area contributed by atoms with E-state index in [9.17, 15) is 4.79 Å². The molecule has 3 heteroatoms. The van der Waals surface area contributed by atoms with Crippen LogP contribution in [0, 0.1) is 0 Å². The van der Waals surface area contributed by atoms with Crippen molar-refractivity contribution in [3.8, 4) is 0 Å². The number of rotatable bonds is 2. The van der Waals surface area contributed by atoms with E-state index in [2.05, 4.69) is 22.4 Å². The predicted octanol–water partition coefficient (Wildman–Crippen LogP) is 2.11. The van der Waals surface area contributed by atoms with Gasteiger partial charge in [0.25, 0.3) is 0 Å². The topological polar surface area (TPSA) is 32.3 Å². The number of hydrogen-bond donors (Lipinski definition) is 1. The van der Waals surface area contributed by atoms with Gasteiger partial charge in [-0.2, -0.15) is 0 Å². The summed E-state index contributed by atoms with van der Waals surface area (Å²) in [6.45, 7) is 0. The minimum absolute atomic E-state index is 0.209. The van der Waals surface area contributed by atoms with E-state index in [0.717, 1.165) is 11.8 Å². The third kappa shape index (κ3) is 1.76. The highest BCUT2D eigenvalue weighted by Gasteiger charge is 2.17. The van der Waals surface area contributed by atoms with Crippen LogP contribution in [0.2, 0.25) is 0 Å². The van der Waals surface area contributed by atoms with Gasteiger partial charge in [-0.3, -0.25) is 4.79 Å². The Morgan fingerprint density at radius 2 is 2.00 bits per heavy atom. The highest BCUT2D eigenvalue weighted by Crippen LogP contribution is 2.23. The van der Waals surface area contributed by atoms with E-state index in [1.807, 2.05) is 42.9 Å². The Hall–Kier alpha value is -2.29. The van der Waals surface area contributed by atoms with Gasteiger partial charge in [-0.05, 0) is 23.3 Å². The Morgan fingerprint density at radius 3 is 2.76 bits per heavy atom. The fourth-order valence-electron chi connectivity index (χ4n) is 2.02. The Balaban J connectivity index is 1.89. The van der Waals surface area contributed by atoms with Crippen LogP contribution >= 0.6 is 0 Å². The van der Waals surface area contributed by atoms with E-state index in [-0.39, 0.29) is 6.17 Å². The molecular formula is C14H12N2O. The SMILES string of the molecule is O=Cc1ccc(C2=CC3NC=CN3C=C2)cc1. The fourth-order valence-corrected chi connectivity index (χ4v) is 2.02. The van der Waals surface area contributed by atoms with Gasteiger partial charge in [0, 0.05) is 24.2 Å². The monoisotopic (exact) mass is 224 g/mol. The van der Waals surface area contributed by atoms with Gasteiger partial charge in [-0.25, -0.2) is 0 Å². The van der Waals surface area contributed by atoms with Crippen LogP contribution in [0.15, 0.2) is 55.0 Å². The standard InChI is InChI=1S/C14H12N2O/c17-10-11-1-3-12(4-2-11)13-5-7-16-8-6-15-14(16)9-13/h1-10,14-15H. The molecule has 2 aliphatic heterocycles. The second kappa shape index (κ2) is 3.94. The minimum Gasteiger partial charge on any atom is -0.366 e. The first kappa shape index (κ1) is 9.90. The number of aldehydes is 1. The summed E-state index contributed by atoms with van der Waals surface area (Å²) in [5, 5.41) is 3.24. The molecule has 1 unspecified atom stereocenters. The summed E-state index contributed by atoms with van der Waals surface area (Å²) < 4.78 is 0. The maximum Gasteiger partial charge on any atom is 0.150 e. The maximum absolute atomic E-state index is 10.6. The van der Waals surface area contributed by atoms with Crippen LogP contribution in [0.1, 0.15) is 15.9 Å². The molecular weight excluding hydrogens is 212 g/mol. The molecule has 0 bridgehead atoms. The second-order valence-electron chi connectivity index (χ2n) is 4.05. The molecule has 17 heavy (non-hydrogen) atoms. The van der Waals surface area contributed by atoms with Gasteiger partial charge in [0.1, 0.15) is 12.5 Å². The van der Waals surface area contributed by atoms with Crippen molar-refractivity contribution in [2.45, 2.75) is 6.17 Å². The lowest BCUT2D eigenvalue weighted by atomic mass is 10.0. The van der Waals surface area contributed by atoms with Gasteiger partial charge < -0.3 is 10.2 Å². The summed E-state index contributed by atoms with van der Waals surface area (Å²) in [5.74, 6) is 0. The molecule has 2 aliphatic rings. The Morgan fingerprint density at radius 1 is 1.18 bits per heavy atom. The first-order valence-corrected chi connectivity index (χ1v) is 5.53. The predicted molar refractivity (Wildman–Crippen MR) is 66.8 cm³/mol. The van der Waals surface area contributed by atoms with E-state index in [1.54, 1.807) is 0 Å². The minimum atomic E-state index is 0.209. The van der Waals surface area contributed by atoms with Crippen LogP contribution in [0.25, 0.3) is 5.57 Å². The summed E-state index contributed by atoms with van der Waals surface area (Å²) in [4.78, 5) is 12.7. The molecule has 0 saturated heterocycles. The average molecular weight is 224 g/mol. The molecule has 1 aromatic rings. The maximum atomic E-state index is 10.6. The van der Waals surface area contributed by atoms with Gasteiger partial charge >= 0.3 is 0 Å². The lowest BCUT2D eigenvalue weighted by Gasteiger charge is -2.23. The Labute approximate surface area is 99.7 Å². The molecule has 1 aromatic carbocycles. The number of fused-ring (bicyclic) bond motifs is 1. The van der Waals surface area contributed by atoms with Crippen molar-refractivity contribution in [3.63, 3.8) is 0 Å². The number of carbonyl (C=O) groups is 1. The molecule has 84 valence electrons. The number of allylic oxidation sites excluding steroid dienone is 2. The third-order valence-electron chi connectivity index (χ3n) is 2.98. The van der Waals surface area contributed by atoms with Crippen LogP contribution < -0.4 is 5.32 Å². The van der Waals surface area contributed by atoms with Gasteiger partial charge in [0.15, 0.2) is 0 Å². The highest BCUT2D eigenvalue weighted by molar-refractivity contribution is 5.79. The first-order valence-electron chi connectivity index (χ1n) is 5.53. The molecule has 0 saturated carbocycles. The lowest BCUT2D eigenvalue weighted by molar-refractivity contribution is 0.112. The fraction of sp³-hybridized carbons (Fsp3) is 0.0714. The van der Waals surface area contributed by atoms with E-state index >= 15 is 0 Å². The summed E-state index contributed by atoms with van der Waals surface area (Å²) >= 11 is 0. The van der Waals surface area contributed by atoms with E-state index < -0.39 is 0 Å². The molecule has 0 amide bonds. The van der Waals surface area contributed by atoms with E-state index in [1.165, 1.54) is 5.57 Å². The van der Waals surface area contributed by atoms with Crippen LogP contribution in [0.3, 0.4) is 0 Å². The van der Waals surface area contributed by atoms with Crippen molar-refractivity contribution >= 4 is 11.9 Å². The quantitative estimate of drug-likeness (QED) is 0.781. The zero-order chi connectivity index (χ0) is 11.7. The van der Waals surface area contributed by atoms with Crippen molar-refractivity contribution < 1.29 is 4.79 Å². The molecule has 0 aliphatic carbocycles. The van der Waals surface area contributed by atoms with Crippen LogP contribution in [0.5, 0.6) is 0 Å². The molecule has 1 atom stereocenters. The zero-order valence-corrected chi connectivity index (χ0v) is 9.21. The number of nitrogens with one attached hydrogen (secondary N) is 1.